The summed E-state index contributed by atoms with van der Waals surface area (Å²) in [7, 11) is 0. The molecule has 1 atom stereocenters. The van der Waals surface area contributed by atoms with Gasteiger partial charge in [0.05, 0.1) is 13.2 Å². The molecule has 26 heavy (non-hydrogen) atoms. The summed E-state index contributed by atoms with van der Waals surface area (Å²) in [6.45, 7) is 3.35. The van der Waals surface area contributed by atoms with Crippen LogP contribution in [0.15, 0.2) is 41.1 Å². The monoisotopic (exact) mass is 414 g/mol. The van der Waals surface area contributed by atoms with E-state index in [-0.39, 0.29) is 0 Å². The number of halogens is 1. The van der Waals surface area contributed by atoms with Gasteiger partial charge in [0.1, 0.15) is 18.1 Å². The van der Waals surface area contributed by atoms with Gasteiger partial charge in [-0.2, -0.15) is 0 Å². The molecule has 7 heteroatoms. The number of pyridine rings is 1. The number of benzene rings is 1. The van der Waals surface area contributed by atoms with Gasteiger partial charge in [-0.15, -0.1) is 0 Å². The number of anilines is 3. The topological polar surface area (TPSA) is 66.5 Å². The van der Waals surface area contributed by atoms with Gasteiger partial charge in [-0.3, -0.25) is 0 Å². The first-order chi connectivity index (χ1) is 12.8. The van der Waals surface area contributed by atoms with Gasteiger partial charge in [-0.05, 0) is 52.5 Å². The third-order valence-electron chi connectivity index (χ3n) is 4.59. The molecule has 1 saturated heterocycles. The van der Waals surface area contributed by atoms with Crippen molar-refractivity contribution in [3.8, 4) is 0 Å². The molecule has 134 valence electrons. The van der Waals surface area contributed by atoms with Crippen LogP contribution in [0.4, 0.5) is 17.2 Å². The second-order valence-corrected chi connectivity index (χ2v) is 7.02. The van der Waals surface area contributed by atoms with Crippen molar-refractivity contribution >= 4 is 45.5 Å². The van der Waals surface area contributed by atoms with Crippen LogP contribution in [0, 0.1) is 0 Å². The summed E-state index contributed by atoms with van der Waals surface area (Å²) in [5, 5.41) is 6.41. The number of aromatic nitrogens is 1. The van der Waals surface area contributed by atoms with Crippen LogP contribution in [0.3, 0.4) is 0 Å². The normalized spacial score (nSPS) is 18.8. The molecule has 0 radical (unpaired) electrons. The fraction of sp³-hybridized carbons (Fsp3) is 0.263. The zero-order valence-corrected chi connectivity index (χ0v) is 15.7. The lowest BCUT2D eigenvalue weighted by atomic mass is 9.99. The highest BCUT2D eigenvalue weighted by Crippen LogP contribution is 2.34. The molecule has 1 aromatic heterocycles. The van der Waals surface area contributed by atoms with Gasteiger partial charge in [0.25, 0.3) is 0 Å². The molecule has 1 fully saturated rings. The van der Waals surface area contributed by atoms with Gasteiger partial charge in [0.2, 0.25) is 0 Å². The Labute approximate surface area is 160 Å². The Morgan fingerprint density at radius 2 is 2.04 bits per heavy atom. The molecule has 0 saturated carbocycles. The van der Waals surface area contributed by atoms with Crippen LogP contribution >= 0.6 is 15.9 Å². The van der Waals surface area contributed by atoms with Crippen LogP contribution in [0.1, 0.15) is 17.2 Å². The van der Waals surface area contributed by atoms with E-state index in [1.165, 1.54) is 5.69 Å². The Kier molecular flexibility index (Phi) is 4.90. The van der Waals surface area contributed by atoms with Gasteiger partial charge in [0, 0.05) is 46.3 Å². The molecule has 2 aromatic rings. The zero-order chi connectivity index (χ0) is 17.9. The average molecular weight is 415 g/mol. The van der Waals surface area contributed by atoms with E-state index in [2.05, 4.69) is 48.6 Å². The van der Waals surface area contributed by atoms with E-state index in [0.717, 1.165) is 53.9 Å². The predicted octanol–water partition coefficient (Wildman–Crippen LogP) is 3.24. The lowest BCUT2D eigenvalue weighted by Crippen LogP contribution is -2.36. The smallest absolute Gasteiger partial charge is 0.146 e. The number of hydrogen-bond acceptors (Lipinski definition) is 6. The molecule has 2 aliphatic heterocycles. The Bertz CT molecular complexity index is 832. The number of nitrogens with one attached hydrogen (secondary N) is 2. The fourth-order valence-corrected chi connectivity index (χ4v) is 3.69. The number of hydrogen-bond donors (Lipinski definition) is 2. The van der Waals surface area contributed by atoms with Crippen molar-refractivity contribution < 1.29 is 9.53 Å². The molecule has 6 nitrogen and oxygen atoms in total. The number of aldehydes is 1. The van der Waals surface area contributed by atoms with Gasteiger partial charge in [-0.25, -0.2) is 4.98 Å². The Hall–Kier alpha value is -2.38. The Morgan fingerprint density at radius 3 is 2.77 bits per heavy atom. The van der Waals surface area contributed by atoms with E-state index in [9.17, 15) is 4.79 Å². The molecule has 1 unspecified atom stereocenters. The van der Waals surface area contributed by atoms with Crippen molar-refractivity contribution in [3.63, 3.8) is 0 Å². The minimum atomic E-state index is -0.421. The molecule has 0 bridgehead atoms. The first-order valence-electron chi connectivity index (χ1n) is 8.52. The minimum Gasteiger partial charge on any atom is -0.378 e. The van der Waals surface area contributed by atoms with Crippen molar-refractivity contribution in [2.45, 2.75) is 6.04 Å². The standard InChI is InChI=1S/C19H19BrN4O2/c20-16-11-22-19(18-15(16)5-6-21-17(18)12-25)23-13-1-3-14(4-2-13)24-7-9-26-10-8-24/h1-6,11-12,17,21H,7-10H2,(H,22,23). The predicted molar refractivity (Wildman–Crippen MR) is 106 cm³/mol. The Morgan fingerprint density at radius 1 is 1.27 bits per heavy atom. The molecule has 3 heterocycles. The lowest BCUT2D eigenvalue weighted by molar-refractivity contribution is -0.109. The molecule has 4 rings (SSSR count). The van der Waals surface area contributed by atoms with Crippen LogP contribution in [0.25, 0.3) is 6.08 Å². The van der Waals surface area contributed by atoms with Crippen molar-refractivity contribution in [2.75, 3.05) is 36.5 Å². The maximum absolute atomic E-state index is 11.5. The molecular weight excluding hydrogens is 396 g/mol. The van der Waals surface area contributed by atoms with E-state index in [0.29, 0.717) is 5.82 Å². The summed E-state index contributed by atoms with van der Waals surface area (Å²) in [5.74, 6) is 0.677. The quantitative estimate of drug-likeness (QED) is 0.748. The fourth-order valence-electron chi connectivity index (χ4n) is 3.24. The molecule has 2 N–H and O–H groups in total. The molecule has 0 spiro atoms. The first kappa shape index (κ1) is 17.1. The summed E-state index contributed by atoms with van der Waals surface area (Å²) in [5.41, 5.74) is 3.91. The maximum atomic E-state index is 11.5. The van der Waals surface area contributed by atoms with E-state index in [4.69, 9.17) is 4.74 Å². The summed E-state index contributed by atoms with van der Waals surface area (Å²) in [4.78, 5) is 18.3. The largest absolute Gasteiger partial charge is 0.378 e. The number of rotatable bonds is 4. The number of carbonyl (C=O) groups is 1. The number of carbonyl (C=O) groups excluding carboxylic acids is 1. The number of ether oxygens (including phenoxy) is 1. The van der Waals surface area contributed by atoms with E-state index < -0.39 is 6.04 Å². The van der Waals surface area contributed by atoms with Gasteiger partial charge < -0.3 is 25.1 Å². The average Bonchev–Trinajstić information content (AvgIpc) is 2.71. The van der Waals surface area contributed by atoms with Gasteiger partial charge >= 0.3 is 0 Å². The van der Waals surface area contributed by atoms with Crippen molar-refractivity contribution in [2.24, 2.45) is 0 Å². The maximum Gasteiger partial charge on any atom is 0.146 e. The third kappa shape index (κ3) is 3.32. The SMILES string of the molecule is O=CC1NC=Cc2c(Br)cnc(Nc3ccc(N4CCOCC4)cc3)c21. The molecule has 1 aromatic carbocycles. The molecule has 2 aliphatic rings. The highest BCUT2D eigenvalue weighted by Gasteiger charge is 2.23. The lowest BCUT2D eigenvalue weighted by Gasteiger charge is -2.29. The number of nitrogens with zero attached hydrogens (tertiary/aromatic N) is 2. The van der Waals surface area contributed by atoms with Crippen LogP contribution in [-0.2, 0) is 9.53 Å². The number of morpholine rings is 1. The van der Waals surface area contributed by atoms with Crippen LogP contribution in [0.2, 0.25) is 0 Å². The Balaban J connectivity index is 1.60. The van der Waals surface area contributed by atoms with Crippen LogP contribution < -0.4 is 15.5 Å². The highest BCUT2D eigenvalue weighted by atomic mass is 79.9. The van der Waals surface area contributed by atoms with Gasteiger partial charge in [-0.1, -0.05) is 0 Å². The summed E-state index contributed by atoms with van der Waals surface area (Å²) >= 11 is 3.51. The highest BCUT2D eigenvalue weighted by molar-refractivity contribution is 9.10. The molecular formula is C19H19BrN4O2. The van der Waals surface area contributed by atoms with E-state index in [1.807, 2.05) is 18.2 Å². The number of fused-ring (bicyclic) bond motifs is 1. The van der Waals surface area contributed by atoms with Crippen molar-refractivity contribution in [1.82, 2.24) is 10.3 Å². The van der Waals surface area contributed by atoms with E-state index >= 15 is 0 Å². The summed E-state index contributed by atoms with van der Waals surface area (Å²) < 4.78 is 6.27. The molecule has 0 aliphatic carbocycles. The van der Waals surface area contributed by atoms with Crippen molar-refractivity contribution in [3.05, 3.63) is 52.3 Å². The summed E-state index contributed by atoms with van der Waals surface area (Å²) in [6.07, 6.45) is 6.37. The van der Waals surface area contributed by atoms with Gasteiger partial charge in [0.15, 0.2) is 0 Å². The zero-order valence-electron chi connectivity index (χ0n) is 14.1. The minimum absolute atomic E-state index is 0.421. The third-order valence-corrected chi connectivity index (χ3v) is 5.22. The summed E-state index contributed by atoms with van der Waals surface area (Å²) in [6, 6.07) is 7.82. The second-order valence-electron chi connectivity index (χ2n) is 6.17. The molecule has 0 amide bonds. The van der Waals surface area contributed by atoms with Crippen LogP contribution in [0.5, 0.6) is 0 Å². The van der Waals surface area contributed by atoms with Crippen LogP contribution in [-0.4, -0.2) is 37.6 Å². The van der Waals surface area contributed by atoms with Crippen molar-refractivity contribution in [1.29, 1.82) is 0 Å². The first-order valence-corrected chi connectivity index (χ1v) is 9.31. The second kappa shape index (κ2) is 7.47. The van der Waals surface area contributed by atoms with E-state index in [1.54, 1.807) is 12.4 Å².